The molecule has 6 heteroatoms. The quantitative estimate of drug-likeness (QED) is 0.754. The van der Waals surface area contributed by atoms with Gasteiger partial charge in [-0.2, -0.15) is 0 Å². The van der Waals surface area contributed by atoms with Gasteiger partial charge in [0.25, 0.3) is 0 Å². The molecule has 1 aromatic heterocycles. The van der Waals surface area contributed by atoms with Gasteiger partial charge in [0.05, 0.1) is 10.7 Å². The number of hydrogen-bond acceptors (Lipinski definition) is 4. The summed E-state index contributed by atoms with van der Waals surface area (Å²) in [6.07, 6.45) is 1.06. The number of benzene rings is 1. The number of aromatic nitrogens is 1. The molecule has 2 aromatic rings. The minimum absolute atomic E-state index is 0. The van der Waals surface area contributed by atoms with Gasteiger partial charge in [0.15, 0.2) is 0 Å². The van der Waals surface area contributed by atoms with E-state index in [2.05, 4.69) is 54.5 Å². The van der Waals surface area contributed by atoms with Crippen LogP contribution >= 0.6 is 36.2 Å². The molecule has 0 aliphatic heterocycles. The van der Waals surface area contributed by atoms with E-state index in [1.807, 2.05) is 0 Å². The van der Waals surface area contributed by atoms with Crippen molar-refractivity contribution in [1.29, 1.82) is 0 Å². The minimum atomic E-state index is 0. The van der Waals surface area contributed by atoms with Crippen LogP contribution in [0.3, 0.4) is 0 Å². The lowest BCUT2D eigenvalue weighted by atomic mass is 10.1. The van der Waals surface area contributed by atoms with Gasteiger partial charge in [-0.3, -0.25) is 4.90 Å². The second-order valence-corrected chi connectivity index (χ2v) is 6.52. The van der Waals surface area contributed by atoms with Gasteiger partial charge in [0.1, 0.15) is 0 Å². The van der Waals surface area contributed by atoms with E-state index < -0.39 is 0 Å². The summed E-state index contributed by atoms with van der Waals surface area (Å²) in [6.45, 7) is 7.91. The van der Waals surface area contributed by atoms with Crippen molar-refractivity contribution in [2.24, 2.45) is 5.73 Å². The van der Waals surface area contributed by atoms with Crippen LogP contribution in [0.5, 0.6) is 0 Å². The van der Waals surface area contributed by atoms with Crippen LogP contribution in [0.25, 0.3) is 0 Å². The standard InChI is InChI=1S/C17H25N3S.2ClH/c1-14(2)17-19-16(13-21-17)12-20(11-9-18)10-8-15-6-4-3-5-7-15;;/h3-7,13-14H,8-12,18H2,1-2H3;2*1H. The second kappa shape index (κ2) is 11.8. The van der Waals surface area contributed by atoms with Crippen molar-refractivity contribution in [3.63, 3.8) is 0 Å². The zero-order chi connectivity index (χ0) is 15.1. The fourth-order valence-corrected chi connectivity index (χ4v) is 3.10. The third kappa shape index (κ3) is 7.64. The van der Waals surface area contributed by atoms with Crippen LogP contribution in [0.4, 0.5) is 0 Å². The minimum Gasteiger partial charge on any atom is -0.329 e. The number of nitrogens with zero attached hydrogens (tertiary/aromatic N) is 2. The predicted octanol–water partition coefficient (Wildman–Crippen LogP) is 4.11. The van der Waals surface area contributed by atoms with Crippen molar-refractivity contribution >= 4 is 36.2 Å². The Labute approximate surface area is 156 Å². The summed E-state index contributed by atoms with van der Waals surface area (Å²) in [5.74, 6) is 0.510. The largest absolute Gasteiger partial charge is 0.329 e. The second-order valence-electron chi connectivity index (χ2n) is 5.63. The summed E-state index contributed by atoms with van der Waals surface area (Å²) in [5, 5.41) is 3.40. The first kappa shape index (κ1) is 22.4. The number of nitrogens with two attached hydrogens (primary N) is 1. The van der Waals surface area contributed by atoms with Crippen LogP contribution in [0, 0.1) is 0 Å². The van der Waals surface area contributed by atoms with Crippen LogP contribution in [0.1, 0.15) is 36.0 Å². The lowest BCUT2D eigenvalue weighted by molar-refractivity contribution is 0.273. The predicted molar refractivity (Wildman–Crippen MR) is 105 cm³/mol. The molecule has 0 bridgehead atoms. The molecule has 0 spiro atoms. The Bertz CT molecular complexity index is 532. The molecule has 0 aliphatic carbocycles. The van der Waals surface area contributed by atoms with E-state index in [9.17, 15) is 0 Å². The van der Waals surface area contributed by atoms with E-state index in [0.717, 1.165) is 26.1 Å². The van der Waals surface area contributed by atoms with Gasteiger partial charge in [0.2, 0.25) is 0 Å². The average Bonchev–Trinajstić information content (AvgIpc) is 2.95. The number of thiazole rings is 1. The van der Waals surface area contributed by atoms with Gasteiger partial charge in [-0.25, -0.2) is 4.98 Å². The van der Waals surface area contributed by atoms with Gasteiger partial charge in [-0.05, 0) is 12.0 Å². The van der Waals surface area contributed by atoms with Crippen molar-refractivity contribution < 1.29 is 0 Å². The molecule has 0 radical (unpaired) electrons. The highest BCUT2D eigenvalue weighted by molar-refractivity contribution is 7.09. The normalized spacial score (nSPS) is 10.5. The maximum Gasteiger partial charge on any atom is 0.0954 e. The van der Waals surface area contributed by atoms with E-state index in [-0.39, 0.29) is 24.8 Å². The molecule has 0 unspecified atom stereocenters. The molecule has 0 atom stereocenters. The lowest BCUT2D eigenvalue weighted by Crippen LogP contribution is -2.31. The third-order valence-electron chi connectivity index (χ3n) is 3.45. The van der Waals surface area contributed by atoms with Gasteiger partial charge < -0.3 is 5.73 Å². The molecule has 0 aliphatic rings. The Hall–Kier alpha value is -0.650. The van der Waals surface area contributed by atoms with Crippen molar-refractivity contribution in [2.75, 3.05) is 19.6 Å². The molecule has 130 valence electrons. The summed E-state index contributed by atoms with van der Waals surface area (Å²) < 4.78 is 0. The number of rotatable bonds is 8. The van der Waals surface area contributed by atoms with Gasteiger partial charge in [0, 0.05) is 37.5 Å². The Morgan fingerprint density at radius 1 is 1.13 bits per heavy atom. The molecule has 1 heterocycles. The van der Waals surface area contributed by atoms with E-state index in [4.69, 9.17) is 10.7 Å². The molecule has 1 aromatic carbocycles. The molecular weight excluding hydrogens is 349 g/mol. The molecular formula is C17H27Cl2N3S. The Morgan fingerprint density at radius 3 is 2.39 bits per heavy atom. The topological polar surface area (TPSA) is 42.2 Å². The molecule has 0 saturated heterocycles. The number of halogens is 2. The fraction of sp³-hybridized carbons (Fsp3) is 0.471. The number of hydrogen-bond donors (Lipinski definition) is 1. The molecule has 0 saturated carbocycles. The third-order valence-corrected chi connectivity index (χ3v) is 4.65. The van der Waals surface area contributed by atoms with E-state index in [1.54, 1.807) is 11.3 Å². The summed E-state index contributed by atoms with van der Waals surface area (Å²) in [5.41, 5.74) is 8.29. The molecule has 0 fully saturated rings. The van der Waals surface area contributed by atoms with E-state index in [0.29, 0.717) is 12.5 Å². The highest BCUT2D eigenvalue weighted by atomic mass is 35.5. The zero-order valence-corrected chi connectivity index (χ0v) is 16.2. The summed E-state index contributed by atoms with van der Waals surface area (Å²) in [7, 11) is 0. The van der Waals surface area contributed by atoms with Gasteiger partial charge >= 0.3 is 0 Å². The van der Waals surface area contributed by atoms with Gasteiger partial charge in [-0.1, -0.05) is 44.2 Å². The summed E-state index contributed by atoms with van der Waals surface area (Å²) >= 11 is 1.76. The Morgan fingerprint density at radius 2 is 1.83 bits per heavy atom. The van der Waals surface area contributed by atoms with Crippen molar-refractivity contribution in [3.8, 4) is 0 Å². The Kier molecular flexibility index (Phi) is 11.5. The zero-order valence-electron chi connectivity index (χ0n) is 13.8. The first-order valence-electron chi connectivity index (χ1n) is 7.59. The van der Waals surface area contributed by atoms with E-state index >= 15 is 0 Å². The molecule has 0 amide bonds. The summed E-state index contributed by atoms with van der Waals surface area (Å²) in [4.78, 5) is 7.12. The Balaban J connectivity index is 0.00000242. The highest BCUT2D eigenvalue weighted by Gasteiger charge is 2.10. The fourth-order valence-electron chi connectivity index (χ4n) is 2.27. The lowest BCUT2D eigenvalue weighted by Gasteiger charge is -2.20. The molecule has 3 nitrogen and oxygen atoms in total. The van der Waals surface area contributed by atoms with Crippen LogP contribution in [0.2, 0.25) is 0 Å². The SMILES string of the molecule is CC(C)c1nc(CN(CCN)CCc2ccccc2)cs1.Cl.Cl. The first-order valence-corrected chi connectivity index (χ1v) is 8.47. The highest BCUT2D eigenvalue weighted by Crippen LogP contribution is 2.20. The van der Waals surface area contributed by atoms with Crippen molar-refractivity contribution in [1.82, 2.24) is 9.88 Å². The summed E-state index contributed by atoms with van der Waals surface area (Å²) in [6, 6.07) is 10.6. The van der Waals surface area contributed by atoms with Crippen LogP contribution in [-0.2, 0) is 13.0 Å². The van der Waals surface area contributed by atoms with Gasteiger partial charge in [-0.15, -0.1) is 36.2 Å². The first-order chi connectivity index (χ1) is 10.2. The van der Waals surface area contributed by atoms with Crippen molar-refractivity contribution in [2.45, 2.75) is 32.7 Å². The van der Waals surface area contributed by atoms with Crippen molar-refractivity contribution in [3.05, 3.63) is 52.0 Å². The average molecular weight is 376 g/mol. The molecule has 2 rings (SSSR count). The molecule has 2 N–H and O–H groups in total. The van der Waals surface area contributed by atoms with E-state index in [1.165, 1.54) is 16.3 Å². The maximum atomic E-state index is 5.75. The maximum absolute atomic E-state index is 5.75. The smallest absolute Gasteiger partial charge is 0.0954 e. The van der Waals surface area contributed by atoms with Crippen LogP contribution in [-0.4, -0.2) is 29.5 Å². The molecule has 23 heavy (non-hydrogen) atoms. The van der Waals surface area contributed by atoms with Crippen LogP contribution < -0.4 is 5.73 Å². The monoisotopic (exact) mass is 375 g/mol. The van der Waals surface area contributed by atoms with Crippen LogP contribution in [0.15, 0.2) is 35.7 Å².